The Morgan fingerprint density at radius 2 is 2.11 bits per heavy atom. The van der Waals surface area contributed by atoms with Crippen LogP contribution in [0.5, 0.6) is 0 Å². The van der Waals surface area contributed by atoms with Crippen LogP contribution in [-0.4, -0.2) is 31.3 Å². The molecular formula is C20H22N4O2S. The normalized spacial score (nSPS) is 12.9. The molecule has 0 spiro atoms. The van der Waals surface area contributed by atoms with E-state index in [1.54, 1.807) is 18.7 Å². The van der Waals surface area contributed by atoms with E-state index in [1.807, 2.05) is 40.9 Å². The Hall–Kier alpha value is -2.54. The molecule has 3 heterocycles. The number of hydrogen-bond donors (Lipinski definition) is 0. The Balaban J connectivity index is 1.50. The van der Waals surface area contributed by atoms with Crippen LogP contribution in [0.2, 0.25) is 0 Å². The molecule has 0 unspecified atom stereocenters. The lowest BCUT2D eigenvalue weighted by molar-refractivity contribution is -0.129. The first-order chi connectivity index (χ1) is 13.2. The van der Waals surface area contributed by atoms with E-state index in [-0.39, 0.29) is 5.91 Å². The molecule has 1 aliphatic rings. The molecule has 0 saturated carbocycles. The number of hydrogen-bond acceptors (Lipinski definition) is 5. The maximum absolute atomic E-state index is 13.0. The molecule has 3 aromatic rings. The topological polar surface area (TPSA) is 64.2 Å². The minimum Gasteiger partial charge on any atom is -0.467 e. The number of fused-ring (bicyclic) bond motifs is 1. The molecule has 0 fully saturated rings. The quantitative estimate of drug-likeness (QED) is 0.587. The van der Waals surface area contributed by atoms with Crippen LogP contribution in [0.4, 0.5) is 0 Å². The summed E-state index contributed by atoms with van der Waals surface area (Å²) < 4.78 is 7.45. The van der Waals surface area contributed by atoms with E-state index in [4.69, 9.17) is 4.42 Å². The Kier molecular flexibility index (Phi) is 5.29. The van der Waals surface area contributed by atoms with Gasteiger partial charge in [0.1, 0.15) is 5.76 Å². The number of carbonyl (C=O) groups is 1. The van der Waals surface area contributed by atoms with Crippen LogP contribution in [-0.2, 0) is 37.8 Å². The Labute approximate surface area is 162 Å². The van der Waals surface area contributed by atoms with Crippen LogP contribution in [0.1, 0.15) is 29.1 Å². The molecule has 0 bridgehead atoms. The third-order valence-corrected chi connectivity index (χ3v) is 5.83. The van der Waals surface area contributed by atoms with Gasteiger partial charge in [-0.25, -0.2) is 0 Å². The van der Waals surface area contributed by atoms with E-state index in [0.717, 1.165) is 35.6 Å². The summed E-state index contributed by atoms with van der Waals surface area (Å²) in [4.78, 5) is 19.9. The lowest BCUT2D eigenvalue weighted by Gasteiger charge is -2.21. The molecule has 27 heavy (non-hydrogen) atoms. The van der Waals surface area contributed by atoms with Crippen LogP contribution >= 0.6 is 11.8 Å². The number of furan rings is 1. The maximum atomic E-state index is 13.0. The van der Waals surface area contributed by atoms with E-state index in [0.29, 0.717) is 18.8 Å². The van der Waals surface area contributed by atoms with Gasteiger partial charge < -0.3 is 9.32 Å². The molecule has 7 heteroatoms. The minimum atomic E-state index is 0.0746. The Bertz CT molecular complexity index is 906. The lowest BCUT2D eigenvalue weighted by atomic mass is 10.2. The van der Waals surface area contributed by atoms with Crippen molar-refractivity contribution in [3.63, 3.8) is 0 Å². The van der Waals surface area contributed by atoms with Crippen molar-refractivity contribution in [2.24, 2.45) is 7.05 Å². The van der Waals surface area contributed by atoms with Crippen molar-refractivity contribution in [3.05, 3.63) is 65.6 Å². The second-order valence-corrected chi connectivity index (χ2v) is 7.70. The van der Waals surface area contributed by atoms with Crippen molar-refractivity contribution in [3.8, 4) is 0 Å². The number of thioether (sulfide) groups is 1. The van der Waals surface area contributed by atoms with Crippen molar-refractivity contribution < 1.29 is 9.21 Å². The fourth-order valence-corrected chi connectivity index (χ4v) is 4.29. The summed E-state index contributed by atoms with van der Waals surface area (Å²) in [6, 6.07) is 7.59. The summed E-state index contributed by atoms with van der Waals surface area (Å²) in [5.74, 6) is 1.23. The van der Waals surface area contributed by atoms with Gasteiger partial charge >= 0.3 is 0 Å². The largest absolute Gasteiger partial charge is 0.467 e. The van der Waals surface area contributed by atoms with Crippen LogP contribution in [0, 0.1) is 0 Å². The summed E-state index contributed by atoms with van der Waals surface area (Å²) in [6.45, 7) is 0.966. The molecule has 4 rings (SSSR count). The van der Waals surface area contributed by atoms with E-state index < -0.39 is 0 Å². The molecule has 0 saturated heterocycles. The number of aryl methyl sites for hydroxylation is 1. The zero-order valence-electron chi connectivity index (χ0n) is 15.3. The van der Waals surface area contributed by atoms with Crippen molar-refractivity contribution in [1.82, 2.24) is 19.7 Å². The van der Waals surface area contributed by atoms with Gasteiger partial charge in [0, 0.05) is 30.0 Å². The van der Waals surface area contributed by atoms with E-state index in [1.165, 1.54) is 23.0 Å². The highest BCUT2D eigenvalue weighted by molar-refractivity contribution is 8.00. The standard InChI is InChI=1S/C20H22N4O2S/c1-23-19-6-2-5-17(19)18(22-23)13-24(12-15-4-3-11-26-15)20(25)14-27-16-7-9-21-10-8-16/h3-4,7-11H,2,5-6,12-14H2,1H3. The summed E-state index contributed by atoms with van der Waals surface area (Å²) >= 11 is 1.52. The minimum absolute atomic E-state index is 0.0746. The average Bonchev–Trinajstić information content (AvgIpc) is 3.41. The Morgan fingerprint density at radius 3 is 2.89 bits per heavy atom. The first-order valence-electron chi connectivity index (χ1n) is 9.07. The van der Waals surface area contributed by atoms with Crippen molar-refractivity contribution >= 4 is 17.7 Å². The molecule has 0 atom stereocenters. The molecular weight excluding hydrogens is 360 g/mol. The molecule has 0 radical (unpaired) electrons. The molecule has 1 aliphatic carbocycles. The fourth-order valence-electron chi connectivity index (χ4n) is 3.50. The highest BCUT2D eigenvalue weighted by atomic mass is 32.2. The molecule has 0 N–H and O–H groups in total. The first-order valence-corrected chi connectivity index (χ1v) is 10.1. The lowest BCUT2D eigenvalue weighted by Crippen LogP contribution is -2.32. The van der Waals surface area contributed by atoms with Crippen LogP contribution in [0.25, 0.3) is 0 Å². The molecule has 1 amide bonds. The van der Waals surface area contributed by atoms with Crippen molar-refractivity contribution in [1.29, 1.82) is 0 Å². The van der Waals surface area contributed by atoms with Gasteiger partial charge in [0.25, 0.3) is 0 Å². The third-order valence-electron chi connectivity index (χ3n) is 4.83. The van der Waals surface area contributed by atoms with Gasteiger partial charge in [0.05, 0.1) is 30.8 Å². The summed E-state index contributed by atoms with van der Waals surface area (Å²) in [7, 11) is 1.99. The smallest absolute Gasteiger partial charge is 0.233 e. The van der Waals surface area contributed by atoms with Gasteiger partial charge in [-0.15, -0.1) is 11.8 Å². The predicted octanol–water partition coefficient (Wildman–Crippen LogP) is 3.22. The van der Waals surface area contributed by atoms with E-state index >= 15 is 0 Å². The Morgan fingerprint density at radius 1 is 1.26 bits per heavy atom. The van der Waals surface area contributed by atoms with Crippen molar-refractivity contribution in [2.45, 2.75) is 37.2 Å². The van der Waals surface area contributed by atoms with Gasteiger partial charge in [-0.3, -0.25) is 14.5 Å². The zero-order valence-corrected chi connectivity index (χ0v) is 16.1. The first kappa shape index (κ1) is 17.9. The number of nitrogens with zero attached hydrogens (tertiary/aromatic N) is 4. The highest BCUT2D eigenvalue weighted by Crippen LogP contribution is 2.26. The summed E-state index contributed by atoms with van der Waals surface area (Å²) in [5, 5.41) is 4.68. The van der Waals surface area contributed by atoms with Crippen LogP contribution in [0.3, 0.4) is 0 Å². The molecule has 0 aromatic carbocycles. The summed E-state index contributed by atoms with van der Waals surface area (Å²) in [5.41, 5.74) is 3.64. The van der Waals surface area contributed by atoms with Crippen molar-refractivity contribution in [2.75, 3.05) is 5.75 Å². The average molecular weight is 382 g/mol. The highest BCUT2D eigenvalue weighted by Gasteiger charge is 2.24. The molecule has 0 aliphatic heterocycles. The zero-order chi connectivity index (χ0) is 18.6. The van der Waals surface area contributed by atoms with E-state index in [9.17, 15) is 4.79 Å². The number of pyridine rings is 1. The van der Waals surface area contributed by atoms with Crippen LogP contribution < -0.4 is 0 Å². The number of rotatable bonds is 7. The van der Waals surface area contributed by atoms with Gasteiger partial charge in [0.15, 0.2) is 0 Å². The number of amides is 1. The second-order valence-electron chi connectivity index (χ2n) is 6.65. The van der Waals surface area contributed by atoms with Gasteiger partial charge in [-0.1, -0.05) is 0 Å². The maximum Gasteiger partial charge on any atom is 0.233 e. The predicted molar refractivity (Wildman–Crippen MR) is 103 cm³/mol. The third kappa shape index (κ3) is 4.08. The van der Waals surface area contributed by atoms with E-state index in [2.05, 4.69) is 10.1 Å². The second kappa shape index (κ2) is 8.00. The van der Waals surface area contributed by atoms with Gasteiger partial charge in [0.2, 0.25) is 5.91 Å². The number of carbonyl (C=O) groups excluding carboxylic acids is 1. The number of aromatic nitrogens is 3. The summed E-state index contributed by atoms with van der Waals surface area (Å²) in [6.07, 6.45) is 8.41. The SMILES string of the molecule is Cn1nc(CN(Cc2ccco2)C(=O)CSc2ccncc2)c2c1CCC2. The molecule has 3 aromatic heterocycles. The van der Waals surface area contributed by atoms with Gasteiger partial charge in [-0.2, -0.15) is 5.10 Å². The fraction of sp³-hybridized carbons (Fsp3) is 0.350. The molecule has 140 valence electrons. The monoisotopic (exact) mass is 382 g/mol. The molecule has 6 nitrogen and oxygen atoms in total. The van der Waals surface area contributed by atoms with Crippen LogP contribution in [0.15, 0.2) is 52.2 Å². The van der Waals surface area contributed by atoms with Gasteiger partial charge in [-0.05, 0) is 49.1 Å².